The third kappa shape index (κ3) is 2.02. The Labute approximate surface area is 135 Å². The van der Waals surface area contributed by atoms with Gasteiger partial charge in [-0.1, -0.05) is 0 Å². The Balaban J connectivity index is 1.99. The van der Waals surface area contributed by atoms with Crippen LogP contribution in [0.1, 0.15) is 0 Å². The van der Waals surface area contributed by atoms with Gasteiger partial charge in [-0.3, -0.25) is 4.79 Å². The lowest BCUT2D eigenvalue weighted by Crippen LogP contribution is -2.03. The Morgan fingerprint density at radius 1 is 1.08 bits per heavy atom. The summed E-state index contributed by atoms with van der Waals surface area (Å²) in [5.74, 6) is 0.431. The number of hydrogen-bond acceptors (Lipinski definition) is 7. The summed E-state index contributed by atoms with van der Waals surface area (Å²) in [6, 6.07) is 7.64. The van der Waals surface area contributed by atoms with Crippen molar-refractivity contribution in [1.82, 2.24) is 0 Å². The second-order valence-corrected chi connectivity index (χ2v) is 5.20. The van der Waals surface area contributed by atoms with E-state index < -0.39 is 11.2 Å². The summed E-state index contributed by atoms with van der Waals surface area (Å²) in [6.07, 6.45) is 0. The molecule has 0 radical (unpaired) electrons. The van der Waals surface area contributed by atoms with E-state index in [4.69, 9.17) is 18.6 Å². The molecule has 7 nitrogen and oxygen atoms in total. The van der Waals surface area contributed by atoms with Crippen LogP contribution in [0.5, 0.6) is 28.7 Å². The van der Waals surface area contributed by atoms with Crippen LogP contribution in [-0.4, -0.2) is 24.1 Å². The maximum Gasteiger partial charge on any atom is 0.238 e. The largest absolute Gasteiger partial charge is 0.507 e. The smallest absolute Gasteiger partial charge is 0.238 e. The van der Waals surface area contributed by atoms with Crippen molar-refractivity contribution in [3.63, 3.8) is 0 Å². The number of hydrogen-bond donors (Lipinski definition) is 2. The van der Waals surface area contributed by atoms with Crippen molar-refractivity contribution < 1.29 is 28.8 Å². The molecule has 0 saturated carbocycles. The monoisotopic (exact) mass is 328 g/mol. The van der Waals surface area contributed by atoms with Gasteiger partial charge in [-0.15, -0.1) is 0 Å². The average molecular weight is 328 g/mol. The molecule has 2 heterocycles. The minimum Gasteiger partial charge on any atom is -0.507 e. The molecular formula is C17H12O7. The van der Waals surface area contributed by atoms with Gasteiger partial charge in [-0.25, -0.2) is 0 Å². The molecule has 0 spiro atoms. The second kappa shape index (κ2) is 5.09. The average Bonchev–Trinajstić information content (AvgIpc) is 3.05. The van der Waals surface area contributed by atoms with Crippen LogP contribution >= 0.6 is 0 Å². The summed E-state index contributed by atoms with van der Waals surface area (Å²) in [5, 5.41) is 20.1. The number of phenolic OH excluding ortho intramolecular Hbond substituents is 1. The molecule has 0 bridgehead atoms. The van der Waals surface area contributed by atoms with Crippen molar-refractivity contribution in [2.45, 2.75) is 0 Å². The van der Waals surface area contributed by atoms with Crippen molar-refractivity contribution in [1.29, 1.82) is 0 Å². The SMILES string of the molecule is COc1cc(O)c2c(=O)c(O)c(-c3ccc4c(c3)OCO4)oc2c1. The van der Waals surface area contributed by atoms with Crippen molar-refractivity contribution in [3.05, 3.63) is 40.6 Å². The standard InChI is InChI=1S/C17H12O7/c1-21-9-5-10(18)14-13(6-9)24-17(16(20)15(14)19)8-2-3-11-12(4-8)23-7-22-11/h2-6,18,20H,7H2,1H3. The first-order valence-corrected chi connectivity index (χ1v) is 7.05. The van der Waals surface area contributed by atoms with Gasteiger partial charge in [0.1, 0.15) is 22.5 Å². The highest BCUT2D eigenvalue weighted by atomic mass is 16.7. The molecule has 0 aliphatic carbocycles. The fourth-order valence-corrected chi connectivity index (χ4v) is 2.62. The zero-order chi connectivity index (χ0) is 16.8. The van der Waals surface area contributed by atoms with E-state index in [-0.39, 0.29) is 29.3 Å². The van der Waals surface area contributed by atoms with Gasteiger partial charge in [-0.2, -0.15) is 0 Å². The zero-order valence-corrected chi connectivity index (χ0v) is 12.5. The third-order valence-electron chi connectivity index (χ3n) is 3.79. The van der Waals surface area contributed by atoms with E-state index in [1.165, 1.54) is 19.2 Å². The van der Waals surface area contributed by atoms with Crippen LogP contribution in [0.15, 0.2) is 39.5 Å². The number of benzene rings is 2. The van der Waals surface area contributed by atoms with Crippen molar-refractivity contribution in [3.8, 4) is 40.1 Å². The first-order chi connectivity index (χ1) is 11.6. The normalized spacial score (nSPS) is 12.5. The molecule has 7 heteroatoms. The van der Waals surface area contributed by atoms with E-state index in [9.17, 15) is 15.0 Å². The van der Waals surface area contributed by atoms with Crippen LogP contribution in [0.25, 0.3) is 22.3 Å². The van der Waals surface area contributed by atoms with Crippen LogP contribution < -0.4 is 19.6 Å². The molecule has 1 aliphatic rings. The maximum absolute atomic E-state index is 12.4. The lowest BCUT2D eigenvalue weighted by Gasteiger charge is -2.09. The minimum atomic E-state index is -0.732. The van der Waals surface area contributed by atoms with E-state index in [1.54, 1.807) is 18.2 Å². The highest BCUT2D eigenvalue weighted by Gasteiger charge is 2.21. The quantitative estimate of drug-likeness (QED) is 0.746. The lowest BCUT2D eigenvalue weighted by atomic mass is 10.1. The first kappa shape index (κ1) is 14.3. The van der Waals surface area contributed by atoms with Gasteiger partial charge < -0.3 is 28.8 Å². The molecule has 4 rings (SSSR count). The molecule has 1 aliphatic heterocycles. The Bertz CT molecular complexity index is 1020. The van der Waals surface area contributed by atoms with Crippen LogP contribution in [0.4, 0.5) is 0 Å². The van der Waals surface area contributed by atoms with E-state index in [1.807, 2.05) is 0 Å². The Morgan fingerprint density at radius 3 is 2.67 bits per heavy atom. The predicted octanol–water partition coefficient (Wildman–Crippen LogP) is 2.61. The summed E-state index contributed by atoms with van der Waals surface area (Å²) >= 11 is 0. The fourth-order valence-electron chi connectivity index (χ4n) is 2.62. The number of phenols is 1. The van der Waals surface area contributed by atoms with Crippen LogP contribution in [-0.2, 0) is 0 Å². The molecule has 2 N–H and O–H groups in total. The molecular weight excluding hydrogens is 316 g/mol. The summed E-state index contributed by atoms with van der Waals surface area (Å²) in [4.78, 5) is 12.4. The molecule has 0 amide bonds. The molecule has 1 aromatic heterocycles. The van der Waals surface area contributed by atoms with Gasteiger partial charge >= 0.3 is 0 Å². The zero-order valence-electron chi connectivity index (χ0n) is 12.5. The fraction of sp³-hybridized carbons (Fsp3) is 0.118. The lowest BCUT2D eigenvalue weighted by molar-refractivity contribution is 0.174. The summed E-state index contributed by atoms with van der Waals surface area (Å²) in [5.41, 5.74) is -0.190. The molecule has 3 aromatic rings. The number of fused-ring (bicyclic) bond motifs is 2. The van der Waals surface area contributed by atoms with Gasteiger partial charge in [-0.05, 0) is 18.2 Å². The van der Waals surface area contributed by atoms with Gasteiger partial charge in [0.15, 0.2) is 17.3 Å². The Kier molecular flexibility index (Phi) is 3.02. The number of aromatic hydroxyl groups is 2. The van der Waals surface area contributed by atoms with Gasteiger partial charge in [0.2, 0.25) is 18.0 Å². The number of methoxy groups -OCH3 is 1. The Hall–Kier alpha value is -3.35. The topological polar surface area (TPSA) is 98.4 Å². The highest BCUT2D eigenvalue weighted by molar-refractivity contribution is 5.88. The summed E-state index contributed by atoms with van der Waals surface area (Å²) < 4.78 is 21.2. The van der Waals surface area contributed by atoms with E-state index in [0.717, 1.165) is 0 Å². The highest BCUT2D eigenvalue weighted by Crippen LogP contribution is 2.39. The molecule has 0 saturated heterocycles. The molecule has 122 valence electrons. The first-order valence-electron chi connectivity index (χ1n) is 7.05. The molecule has 2 aromatic carbocycles. The van der Waals surface area contributed by atoms with Gasteiger partial charge in [0.05, 0.1) is 7.11 Å². The van der Waals surface area contributed by atoms with E-state index >= 15 is 0 Å². The van der Waals surface area contributed by atoms with E-state index in [0.29, 0.717) is 22.8 Å². The molecule has 0 fully saturated rings. The van der Waals surface area contributed by atoms with Gasteiger partial charge in [0, 0.05) is 17.7 Å². The minimum absolute atomic E-state index is 0.0292. The van der Waals surface area contributed by atoms with Crippen LogP contribution in [0, 0.1) is 0 Å². The van der Waals surface area contributed by atoms with Gasteiger partial charge in [0.25, 0.3) is 0 Å². The predicted molar refractivity (Wildman–Crippen MR) is 83.9 cm³/mol. The van der Waals surface area contributed by atoms with E-state index in [2.05, 4.69) is 0 Å². The number of rotatable bonds is 2. The molecule has 0 unspecified atom stereocenters. The van der Waals surface area contributed by atoms with Crippen molar-refractivity contribution in [2.24, 2.45) is 0 Å². The van der Waals surface area contributed by atoms with Crippen molar-refractivity contribution in [2.75, 3.05) is 13.9 Å². The third-order valence-corrected chi connectivity index (χ3v) is 3.79. The second-order valence-electron chi connectivity index (χ2n) is 5.20. The number of ether oxygens (including phenoxy) is 3. The van der Waals surface area contributed by atoms with Crippen LogP contribution in [0.2, 0.25) is 0 Å². The summed E-state index contributed by atoms with van der Waals surface area (Å²) in [6.45, 7) is 0.109. The summed E-state index contributed by atoms with van der Waals surface area (Å²) in [7, 11) is 1.43. The van der Waals surface area contributed by atoms with Crippen LogP contribution in [0.3, 0.4) is 0 Å². The maximum atomic E-state index is 12.4. The Morgan fingerprint density at radius 2 is 1.88 bits per heavy atom. The molecule has 24 heavy (non-hydrogen) atoms. The van der Waals surface area contributed by atoms with Crippen molar-refractivity contribution >= 4 is 11.0 Å². The molecule has 0 atom stereocenters.